The second-order valence-corrected chi connectivity index (χ2v) is 8.84. The standard InChI is InChI=1S/C25H32N2O/c1-19-8-9-22(16-20(19)2)18-27-14-11-25(12-15-27)17-23(25)24(28)26-13-10-21-6-4-3-5-7-21/h3-9,16,23H,10-15,17-18H2,1-2H3,(H,26,28)/t23-/m0/s1. The minimum Gasteiger partial charge on any atom is -0.356 e. The summed E-state index contributed by atoms with van der Waals surface area (Å²) in [7, 11) is 0. The first-order valence-electron chi connectivity index (χ1n) is 10.7. The average molecular weight is 377 g/mol. The summed E-state index contributed by atoms with van der Waals surface area (Å²) < 4.78 is 0. The Labute approximate surface area is 169 Å². The predicted molar refractivity (Wildman–Crippen MR) is 114 cm³/mol. The molecule has 0 radical (unpaired) electrons. The average Bonchev–Trinajstić information content (AvgIpc) is 3.41. The molecule has 1 heterocycles. The molecule has 2 aromatic rings. The van der Waals surface area contributed by atoms with E-state index in [-0.39, 0.29) is 17.2 Å². The van der Waals surface area contributed by atoms with E-state index in [1.165, 1.54) is 22.3 Å². The van der Waals surface area contributed by atoms with Crippen molar-refractivity contribution in [2.75, 3.05) is 19.6 Å². The van der Waals surface area contributed by atoms with Crippen molar-refractivity contribution in [3.63, 3.8) is 0 Å². The van der Waals surface area contributed by atoms with Crippen LogP contribution in [0.25, 0.3) is 0 Å². The molecular weight excluding hydrogens is 344 g/mol. The second-order valence-electron chi connectivity index (χ2n) is 8.84. The first-order chi connectivity index (χ1) is 13.6. The molecule has 1 saturated heterocycles. The number of likely N-dealkylation sites (tertiary alicyclic amines) is 1. The minimum absolute atomic E-state index is 0.243. The smallest absolute Gasteiger partial charge is 0.223 e. The van der Waals surface area contributed by atoms with Gasteiger partial charge in [0, 0.05) is 19.0 Å². The van der Waals surface area contributed by atoms with Gasteiger partial charge in [-0.2, -0.15) is 0 Å². The molecule has 1 saturated carbocycles. The zero-order chi connectivity index (χ0) is 19.6. The molecule has 0 aromatic heterocycles. The van der Waals surface area contributed by atoms with Crippen molar-refractivity contribution in [2.45, 2.75) is 46.1 Å². The molecule has 1 amide bonds. The summed E-state index contributed by atoms with van der Waals surface area (Å²) in [6, 6.07) is 17.2. The molecule has 1 aliphatic heterocycles. The maximum absolute atomic E-state index is 12.6. The van der Waals surface area contributed by atoms with Gasteiger partial charge in [0.05, 0.1) is 0 Å². The monoisotopic (exact) mass is 376 g/mol. The van der Waals surface area contributed by atoms with E-state index in [0.717, 1.165) is 51.9 Å². The third-order valence-corrected chi connectivity index (χ3v) is 6.89. The van der Waals surface area contributed by atoms with Gasteiger partial charge in [0.15, 0.2) is 0 Å². The number of nitrogens with one attached hydrogen (secondary N) is 1. The van der Waals surface area contributed by atoms with Gasteiger partial charge in [0.2, 0.25) is 5.91 Å². The highest BCUT2D eigenvalue weighted by molar-refractivity contribution is 5.82. The molecule has 3 nitrogen and oxygen atoms in total. The lowest BCUT2D eigenvalue weighted by Crippen LogP contribution is -2.37. The molecule has 2 aromatic carbocycles. The molecule has 28 heavy (non-hydrogen) atoms. The van der Waals surface area contributed by atoms with Gasteiger partial charge in [-0.15, -0.1) is 0 Å². The summed E-state index contributed by atoms with van der Waals surface area (Å²) in [5, 5.41) is 3.17. The second kappa shape index (κ2) is 8.08. The fourth-order valence-electron chi connectivity index (χ4n) is 4.69. The van der Waals surface area contributed by atoms with Gasteiger partial charge >= 0.3 is 0 Å². The number of aryl methyl sites for hydroxylation is 2. The van der Waals surface area contributed by atoms with Crippen LogP contribution in [-0.4, -0.2) is 30.4 Å². The van der Waals surface area contributed by atoms with Crippen molar-refractivity contribution in [2.24, 2.45) is 11.3 Å². The van der Waals surface area contributed by atoms with E-state index in [1.807, 2.05) is 6.07 Å². The number of amides is 1. The van der Waals surface area contributed by atoms with E-state index in [0.29, 0.717) is 0 Å². The summed E-state index contributed by atoms with van der Waals surface area (Å²) >= 11 is 0. The van der Waals surface area contributed by atoms with Crippen LogP contribution in [-0.2, 0) is 17.8 Å². The number of piperidine rings is 1. The quantitative estimate of drug-likeness (QED) is 0.817. The van der Waals surface area contributed by atoms with Crippen LogP contribution in [0, 0.1) is 25.2 Å². The first-order valence-corrected chi connectivity index (χ1v) is 10.7. The first kappa shape index (κ1) is 19.2. The number of carbonyl (C=O) groups is 1. The molecule has 0 unspecified atom stereocenters. The molecule has 2 aliphatic rings. The molecule has 1 atom stereocenters. The topological polar surface area (TPSA) is 32.3 Å². The highest BCUT2D eigenvalue weighted by Gasteiger charge is 2.58. The number of rotatable bonds is 6. The van der Waals surface area contributed by atoms with Gasteiger partial charge in [-0.05, 0) is 80.3 Å². The van der Waals surface area contributed by atoms with Crippen molar-refractivity contribution in [1.29, 1.82) is 0 Å². The fourth-order valence-corrected chi connectivity index (χ4v) is 4.69. The van der Waals surface area contributed by atoms with Gasteiger partial charge in [-0.3, -0.25) is 9.69 Å². The van der Waals surface area contributed by atoms with E-state index in [2.05, 4.69) is 66.5 Å². The lowest BCUT2D eigenvalue weighted by Gasteiger charge is -2.33. The Hall–Kier alpha value is -2.13. The van der Waals surface area contributed by atoms with E-state index in [4.69, 9.17) is 0 Å². The van der Waals surface area contributed by atoms with E-state index >= 15 is 0 Å². The third kappa shape index (κ3) is 4.30. The zero-order valence-electron chi connectivity index (χ0n) is 17.2. The lowest BCUT2D eigenvalue weighted by atomic mass is 9.90. The van der Waals surface area contributed by atoms with E-state index in [9.17, 15) is 4.79 Å². The predicted octanol–water partition coefficient (Wildman–Crippen LogP) is 4.26. The van der Waals surface area contributed by atoms with E-state index < -0.39 is 0 Å². The summed E-state index contributed by atoms with van der Waals surface area (Å²) in [6.07, 6.45) is 4.32. The highest BCUT2D eigenvalue weighted by Crippen LogP contribution is 2.59. The zero-order valence-corrected chi connectivity index (χ0v) is 17.2. The summed E-state index contributed by atoms with van der Waals surface area (Å²) in [4.78, 5) is 15.1. The summed E-state index contributed by atoms with van der Waals surface area (Å²) in [6.45, 7) is 8.36. The molecule has 4 rings (SSSR count). The Kier molecular flexibility index (Phi) is 5.54. The Bertz CT molecular complexity index is 822. The molecule has 2 fully saturated rings. The van der Waals surface area contributed by atoms with Crippen molar-refractivity contribution >= 4 is 5.91 Å². The minimum atomic E-state index is 0.243. The maximum Gasteiger partial charge on any atom is 0.223 e. The third-order valence-electron chi connectivity index (χ3n) is 6.89. The van der Waals surface area contributed by atoms with Gasteiger partial charge in [-0.1, -0.05) is 48.5 Å². The Balaban J connectivity index is 1.21. The van der Waals surface area contributed by atoms with Crippen LogP contribution in [0.5, 0.6) is 0 Å². The van der Waals surface area contributed by atoms with Crippen LogP contribution in [0.1, 0.15) is 41.5 Å². The fraction of sp³-hybridized carbons (Fsp3) is 0.480. The molecule has 1 aliphatic carbocycles. The van der Waals surface area contributed by atoms with Crippen LogP contribution in [0.15, 0.2) is 48.5 Å². The van der Waals surface area contributed by atoms with Crippen molar-refractivity contribution < 1.29 is 4.79 Å². The van der Waals surface area contributed by atoms with E-state index in [1.54, 1.807) is 0 Å². The molecule has 3 heteroatoms. The normalized spacial score (nSPS) is 20.9. The summed E-state index contributed by atoms with van der Waals surface area (Å²) in [5.74, 6) is 0.519. The number of hydrogen-bond acceptors (Lipinski definition) is 2. The van der Waals surface area contributed by atoms with Crippen LogP contribution in [0.4, 0.5) is 0 Å². The Morgan fingerprint density at radius 1 is 1.04 bits per heavy atom. The van der Waals surface area contributed by atoms with Gasteiger partial charge < -0.3 is 5.32 Å². The lowest BCUT2D eigenvalue weighted by molar-refractivity contribution is -0.123. The van der Waals surface area contributed by atoms with Crippen LogP contribution >= 0.6 is 0 Å². The number of carbonyl (C=O) groups excluding carboxylic acids is 1. The number of nitrogens with zero attached hydrogens (tertiary/aromatic N) is 1. The largest absolute Gasteiger partial charge is 0.356 e. The Morgan fingerprint density at radius 3 is 2.50 bits per heavy atom. The van der Waals surface area contributed by atoms with Gasteiger partial charge in [0.25, 0.3) is 0 Å². The Morgan fingerprint density at radius 2 is 1.79 bits per heavy atom. The van der Waals surface area contributed by atoms with Crippen LogP contribution in [0.3, 0.4) is 0 Å². The number of benzene rings is 2. The maximum atomic E-state index is 12.6. The SMILES string of the molecule is Cc1ccc(CN2CCC3(CC2)C[C@H]3C(=O)NCCc2ccccc2)cc1C. The van der Waals surface area contributed by atoms with Crippen molar-refractivity contribution in [3.05, 3.63) is 70.8 Å². The van der Waals surface area contributed by atoms with Gasteiger partial charge in [-0.25, -0.2) is 0 Å². The van der Waals surface area contributed by atoms with Crippen LogP contribution < -0.4 is 5.32 Å². The van der Waals surface area contributed by atoms with Crippen molar-refractivity contribution in [3.8, 4) is 0 Å². The van der Waals surface area contributed by atoms with Gasteiger partial charge in [0.1, 0.15) is 0 Å². The molecule has 0 bridgehead atoms. The number of hydrogen-bond donors (Lipinski definition) is 1. The molecule has 148 valence electrons. The molecular formula is C25H32N2O. The van der Waals surface area contributed by atoms with Crippen LogP contribution in [0.2, 0.25) is 0 Å². The van der Waals surface area contributed by atoms with Crippen molar-refractivity contribution in [1.82, 2.24) is 10.2 Å². The summed E-state index contributed by atoms with van der Waals surface area (Å²) in [5.41, 5.74) is 5.72. The molecule has 1 N–H and O–H groups in total. The highest BCUT2D eigenvalue weighted by atomic mass is 16.2. The molecule has 1 spiro atoms.